The monoisotopic (exact) mass is 352 g/mol. The number of carbonyl (C=O) groups excluding carboxylic acids is 2. The van der Waals surface area contributed by atoms with Gasteiger partial charge >= 0.3 is 11.9 Å². The molecule has 4 nitrogen and oxygen atoms in total. The maximum Gasteiger partial charge on any atom is 0.324 e. The third kappa shape index (κ3) is 3.10. The maximum atomic E-state index is 13.4. The molecule has 2 fully saturated rings. The molecule has 0 aliphatic heterocycles. The Morgan fingerprint density at radius 3 is 1.72 bits per heavy atom. The summed E-state index contributed by atoms with van der Waals surface area (Å²) in [6, 6.07) is 0. The van der Waals surface area contributed by atoms with Crippen LogP contribution in [0.5, 0.6) is 0 Å². The third-order valence-corrected chi connectivity index (χ3v) is 6.61. The molecule has 0 aromatic heterocycles. The highest BCUT2D eigenvalue weighted by molar-refractivity contribution is 6.02. The molecule has 0 spiro atoms. The van der Waals surface area contributed by atoms with Crippen LogP contribution in [-0.4, -0.2) is 25.2 Å². The van der Waals surface area contributed by atoms with Gasteiger partial charge in [-0.15, -0.1) is 0 Å². The summed E-state index contributed by atoms with van der Waals surface area (Å²) in [6.45, 7) is 13.0. The summed E-state index contributed by atoms with van der Waals surface area (Å²) >= 11 is 0. The minimum atomic E-state index is -1.11. The lowest BCUT2D eigenvalue weighted by Gasteiger charge is -2.49. The first-order chi connectivity index (χ1) is 11.8. The zero-order chi connectivity index (χ0) is 18.8. The second-order valence-electron chi connectivity index (χ2n) is 8.86. The molecule has 0 N–H and O–H groups in total. The van der Waals surface area contributed by atoms with Crippen LogP contribution in [0.4, 0.5) is 0 Å². The van der Waals surface area contributed by atoms with E-state index in [1.165, 1.54) is 0 Å². The Hall–Kier alpha value is -1.06. The van der Waals surface area contributed by atoms with Gasteiger partial charge in [0.2, 0.25) is 0 Å². The molecular weight excluding hydrogens is 316 g/mol. The minimum Gasteiger partial charge on any atom is -0.465 e. The Labute approximate surface area is 153 Å². The van der Waals surface area contributed by atoms with Gasteiger partial charge in [0.25, 0.3) is 0 Å². The van der Waals surface area contributed by atoms with Gasteiger partial charge < -0.3 is 9.47 Å². The van der Waals surface area contributed by atoms with E-state index in [1.807, 2.05) is 27.7 Å². The first-order valence-corrected chi connectivity index (χ1v) is 10.1. The van der Waals surface area contributed by atoms with E-state index in [4.69, 9.17) is 9.47 Å². The molecule has 0 amide bonds. The van der Waals surface area contributed by atoms with Crippen LogP contribution in [-0.2, 0) is 19.1 Å². The second kappa shape index (κ2) is 7.67. The molecular formula is C21H36O4. The fourth-order valence-corrected chi connectivity index (χ4v) is 5.53. The van der Waals surface area contributed by atoms with E-state index in [-0.39, 0.29) is 35.1 Å². The molecule has 0 saturated heterocycles. The predicted octanol–water partition coefficient (Wildman–Crippen LogP) is 4.61. The molecule has 2 atom stereocenters. The lowest BCUT2D eigenvalue weighted by atomic mass is 9.53. The number of hydrogen-bond acceptors (Lipinski definition) is 4. The fourth-order valence-electron chi connectivity index (χ4n) is 5.53. The summed E-state index contributed by atoms with van der Waals surface area (Å²) in [5.41, 5.74) is -1.43. The van der Waals surface area contributed by atoms with Gasteiger partial charge in [-0.25, -0.2) is 0 Å². The van der Waals surface area contributed by atoms with Gasteiger partial charge in [0.05, 0.1) is 13.2 Å². The van der Waals surface area contributed by atoms with Crippen molar-refractivity contribution in [1.29, 1.82) is 0 Å². The van der Waals surface area contributed by atoms with E-state index >= 15 is 0 Å². The van der Waals surface area contributed by atoms with E-state index in [2.05, 4.69) is 13.8 Å². The summed E-state index contributed by atoms with van der Waals surface area (Å²) in [5, 5.41) is 0. The molecule has 2 saturated carbocycles. The van der Waals surface area contributed by atoms with Crippen LogP contribution in [0, 0.1) is 34.5 Å². The number of rotatable bonds is 8. The van der Waals surface area contributed by atoms with E-state index in [9.17, 15) is 9.59 Å². The molecule has 0 radical (unpaired) electrons. The van der Waals surface area contributed by atoms with Gasteiger partial charge in [-0.1, -0.05) is 41.5 Å². The normalized spacial score (nSPS) is 26.2. The van der Waals surface area contributed by atoms with Crippen LogP contribution < -0.4 is 0 Å². The molecule has 2 unspecified atom stereocenters. The van der Waals surface area contributed by atoms with Crippen LogP contribution in [0.15, 0.2) is 0 Å². The summed E-state index contributed by atoms with van der Waals surface area (Å²) in [7, 11) is 0. The SMILES string of the molecule is CCC1(CC)C2CCC(C2)C1(C(=O)OCC(C)C)C(=O)OCC(C)C. The molecule has 25 heavy (non-hydrogen) atoms. The van der Waals surface area contributed by atoms with Gasteiger partial charge in [-0.2, -0.15) is 0 Å². The average Bonchev–Trinajstić information content (AvgIpc) is 3.15. The Morgan fingerprint density at radius 2 is 1.32 bits per heavy atom. The predicted molar refractivity (Wildman–Crippen MR) is 97.9 cm³/mol. The fraction of sp³-hybridized carbons (Fsp3) is 0.905. The van der Waals surface area contributed by atoms with Crippen molar-refractivity contribution in [3.63, 3.8) is 0 Å². The van der Waals surface area contributed by atoms with Gasteiger partial charge in [0, 0.05) is 0 Å². The molecule has 0 heterocycles. The average molecular weight is 353 g/mol. The molecule has 0 aromatic carbocycles. The van der Waals surface area contributed by atoms with Crippen molar-refractivity contribution in [2.75, 3.05) is 13.2 Å². The Morgan fingerprint density at radius 1 is 0.880 bits per heavy atom. The van der Waals surface area contributed by atoms with Crippen LogP contribution in [0.25, 0.3) is 0 Å². The number of carbonyl (C=O) groups is 2. The molecule has 2 rings (SSSR count). The number of esters is 2. The Bertz CT molecular complexity index is 466. The van der Waals surface area contributed by atoms with Gasteiger partial charge in [-0.05, 0) is 61.2 Å². The van der Waals surface area contributed by atoms with Crippen LogP contribution in [0.1, 0.15) is 73.6 Å². The lowest BCUT2D eigenvalue weighted by Crippen LogP contribution is -2.58. The van der Waals surface area contributed by atoms with Crippen molar-refractivity contribution >= 4 is 11.9 Å². The van der Waals surface area contributed by atoms with Crippen LogP contribution in [0.2, 0.25) is 0 Å². The molecule has 2 aliphatic carbocycles. The summed E-state index contributed by atoms with van der Waals surface area (Å²) < 4.78 is 11.4. The molecule has 4 heteroatoms. The highest BCUT2D eigenvalue weighted by atomic mass is 16.6. The number of fused-ring (bicyclic) bond motifs is 2. The zero-order valence-corrected chi connectivity index (χ0v) is 16.9. The molecule has 2 aliphatic rings. The highest BCUT2D eigenvalue weighted by Crippen LogP contribution is 2.70. The molecule has 2 bridgehead atoms. The second-order valence-corrected chi connectivity index (χ2v) is 8.86. The first kappa shape index (κ1) is 20.3. The molecule has 144 valence electrons. The third-order valence-electron chi connectivity index (χ3n) is 6.61. The van der Waals surface area contributed by atoms with E-state index in [0.717, 1.165) is 32.1 Å². The minimum absolute atomic E-state index is 0.0664. The number of ether oxygens (including phenoxy) is 2. The van der Waals surface area contributed by atoms with Gasteiger partial charge in [0.1, 0.15) is 0 Å². The summed E-state index contributed by atoms with van der Waals surface area (Å²) in [4.78, 5) is 26.7. The lowest BCUT2D eigenvalue weighted by molar-refractivity contribution is -0.193. The Kier molecular flexibility index (Phi) is 6.22. The largest absolute Gasteiger partial charge is 0.465 e. The highest BCUT2D eigenvalue weighted by Gasteiger charge is 2.74. The molecule has 0 aromatic rings. The quantitative estimate of drug-likeness (QED) is 0.473. The van der Waals surface area contributed by atoms with Crippen molar-refractivity contribution in [2.45, 2.75) is 73.6 Å². The summed E-state index contributed by atoms with van der Waals surface area (Å²) in [5.74, 6) is 0.340. The van der Waals surface area contributed by atoms with Crippen molar-refractivity contribution in [2.24, 2.45) is 34.5 Å². The van der Waals surface area contributed by atoms with E-state index in [0.29, 0.717) is 19.1 Å². The van der Waals surface area contributed by atoms with E-state index in [1.54, 1.807) is 0 Å². The zero-order valence-electron chi connectivity index (χ0n) is 16.9. The van der Waals surface area contributed by atoms with Gasteiger partial charge in [-0.3, -0.25) is 9.59 Å². The summed E-state index contributed by atoms with van der Waals surface area (Å²) in [6.07, 6.45) is 4.63. The van der Waals surface area contributed by atoms with Crippen LogP contribution >= 0.6 is 0 Å². The van der Waals surface area contributed by atoms with Crippen molar-refractivity contribution in [3.8, 4) is 0 Å². The van der Waals surface area contributed by atoms with E-state index < -0.39 is 5.41 Å². The maximum absolute atomic E-state index is 13.4. The van der Waals surface area contributed by atoms with Crippen molar-refractivity contribution in [3.05, 3.63) is 0 Å². The van der Waals surface area contributed by atoms with Crippen molar-refractivity contribution in [1.82, 2.24) is 0 Å². The van der Waals surface area contributed by atoms with Crippen molar-refractivity contribution < 1.29 is 19.1 Å². The van der Waals surface area contributed by atoms with Crippen LogP contribution in [0.3, 0.4) is 0 Å². The number of hydrogen-bond donors (Lipinski definition) is 0. The Balaban J connectivity index is 2.44. The smallest absolute Gasteiger partial charge is 0.324 e. The topological polar surface area (TPSA) is 52.6 Å². The standard InChI is InChI=1S/C21H36O4/c1-7-20(8-2)16-9-10-17(11-16)21(20,18(22)24-12-14(3)4)19(23)25-13-15(5)6/h14-17H,7-13H2,1-6H3. The van der Waals surface area contributed by atoms with Gasteiger partial charge in [0.15, 0.2) is 5.41 Å². The first-order valence-electron chi connectivity index (χ1n) is 10.1.